The Balaban J connectivity index is 1.60. The number of nitrogens with zero attached hydrogens (tertiary/aromatic N) is 4. The minimum Gasteiger partial charge on any atom is -0.493 e. The fraction of sp³-hybridized carbons (Fsp3) is 0.423. The van der Waals surface area contributed by atoms with Crippen LogP contribution in [-0.2, 0) is 14.3 Å². The molecule has 39 heavy (non-hydrogen) atoms. The van der Waals surface area contributed by atoms with Crippen LogP contribution in [0.2, 0.25) is 0 Å². The Hall–Kier alpha value is -4.55. The van der Waals surface area contributed by atoms with Gasteiger partial charge in [-0.2, -0.15) is 0 Å². The van der Waals surface area contributed by atoms with E-state index >= 15 is 0 Å². The highest BCUT2D eigenvalue weighted by Crippen LogP contribution is 2.56. The quantitative estimate of drug-likeness (QED) is 0.407. The highest BCUT2D eigenvalue weighted by molar-refractivity contribution is 5.85. The van der Waals surface area contributed by atoms with E-state index in [0.29, 0.717) is 28.7 Å². The lowest BCUT2D eigenvalue weighted by molar-refractivity contribution is -0.141. The van der Waals surface area contributed by atoms with Crippen LogP contribution in [0.5, 0.6) is 28.7 Å². The second-order valence-electron chi connectivity index (χ2n) is 9.20. The lowest BCUT2D eigenvalue weighted by Crippen LogP contribution is -2.39. The van der Waals surface area contributed by atoms with Crippen LogP contribution in [0.15, 0.2) is 24.3 Å². The van der Waals surface area contributed by atoms with Crippen molar-refractivity contribution in [2.24, 2.45) is 11.8 Å². The number of hydrogen-bond acceptors (Lipinski definition) is 12. The zero-order valence-corrected chi connectivity index (χ0v) is 21.7. The first-order valence-corrected chi connectivity index (χ1v) is 12.4. The van der Waals surface area contributed by atoms with Crippen molar-refractivity contribution in [3.05, 3.63) is 46.8 Å². The Kier molecular flexibility index (Phi) is 6.12. The van der Waals surface area contributed by atoms with Gasteiger partial charge in [0.2, 0.25) is 12.5 Å². The highest BCUT2D eigenvalue weighted by Gasteiger charge is 2.54. The Labute approximate surface area is 222 Å². The maximum absolute atomic E-state index is 13.4. The maximum atomic E-state index is 13.4. The van der Waals surface area contributed by atoms with Crippen LogP contribution in [-0.4, -0.2) is 73.5 Å². The largest absolute Gasteiger partial charge is 0.493 e. The fourth-order valence-electron chi connectivity index (χ4n) is 5.84. The molecule has 1 saturated heterocycles. The number of rotatable bonds is 7. The molecule has 1 aliphatic carbocycles. The number of tetrazole rings is 1. The summed E-state index contributed by atoms with van der Waals surface area (Å²) in [5, 5.41) is 11.8. The topological polar surface area (TPSA) is 142 Å². The average molecular weight is 539 g/mol. The third kappa shape index (κ3) is 3.79. The molecular formula is C26H26N4O9. The molecule has 204 valence electrons. The molecule has 1 fully saturated rings. The number of hydrogen-bond donors (Lipinski definition) is 0. The molecule has 0 N–H and O–H groups in total. The molecule has 6 rings (SSSR count). The van der Waals surface area contributed by atoms with E-state index in [4.69, 9.17) is 33.2 Å². The van der Waals surface area contributed by atoms with Gasteiger partial charge in [0, 0.05) is 11.8 Å². The van der Waals surface area contributed by atoms with E-state index in [-0.39, 0.29) is 31.8 Å². The number of aromatic nitrogens is 4. The summed E-state index contributed by atoms with van der Waals surface area (Å²) < 4.78 is 40.4. The molecule has 3 aliphatic rings. The van der Waals surface area contributed by atoms with Gasteiger partial charge in [0.25, 0.3) is 5.82 Å². The molecule has 0 saturated carbocycles. The summed E-state index contributed by atoms with van der Waals surface area (Å²) in [5.41, 5.74) is 2.28. The molecule has 13 heteroatoms. The molecule has 0 radical (unpaired) electrons. The van der Waals surface area contributed by atoms with Crippen molar-refractivity contribution in [3.63, 3.8) is 0 Å². The minimum absolute atomic E-state index is 0.0611. The number of carbonyl (C=O) groups is 2. The number of esters is 2. The number of carbonyl (C=O) groups excluding carboxylic acids is 2. The summed E-state index contributed by atoms with van der Waals surface area (Å²) in [6.45, 7) is 2.02. The van der Waals surface area contributed by atoms with Crippen LogP contribution in [0.3, 0.4) is 0 Å². The highest BCUT2D eigenvalue weighted by atomic mass is 16.7. The van der Waals surface area contributed by atoms with Gasteiger partial charge in [-0.1, -0.05) is 0 Å². The predicted molar refractivity (Wildman–Crippen MR) is 130 cm³/mol. The first-order chi connectivity index (χ1) is 19.0. The van der Waals surface area contributed by atoms with Gasteiger partial charge in [-0.05, 0) is 58.3 Å². The predicted octanol–water partition coefficient (Wildman–Crippen LogP) is 2.13. The van der Waals surface area contributed by atoms with Crippen LogP contribution in [0.1, 0.15) is 46.2 Å². The Morgan fingerprint density at radius 1 is 1.00 bits per heavy atom. The monoisotopic (exact) mass is 538 g/mol. The maximum Gasteiger partial charge on any atom is 0.378 e. The van der Waals surface area contributed by atoms with Crippen molar-refractivity contribution in [2.75, 3.05) is 41.3 Å². The zero-order chi connectivity index (χ0) is 27.3. The molecule has 0 spiro atoms. The van der Waals surface area contributed by atoms with Gasteiger partial charge in [-0.25, -0.2) is 9.48 Å². The molecule has 1 aromatic heterocycles. The number of methoxy groups -OCH3 is 3. The first kappa shape index (κ1) is 24.8. The summed E-state index contributed by atoms with van der Waals surface area (Å²) in [4.78, 5) is 26.1. The zero-order valence-electron chi connectivity index (χ0n) is 21.7. The molecule has 0 bridgehead atoms. The van der Waals surface area contributed by atoms with Crippen LogP contribution >= 0.6 is 0 Å². The molecule has 13 nitrogen and oxygen atoms in total. The van der Waals surface area contributed by atoms with Crippen LogP contribution in [0.4, 0.5) is 0 Å². The Morgan fingerprint density at radius 3 is 2.33 bits per heavy atom. The number of benzene rings is 2. The normalized spacial score (nSPS) is 22.5. The Morgan fingerprint density at radius 2 is 1.69 bits per heavy atom. The van der Waals surface area contributed by atoms with Gasteiger partial charge in [0.15, 0.2) is 23.0 Å². The minimum atomic E-state index is -0.668. The van der Waals surface area contributed by atoms with Crippen molar-refractivity contribution in [2.45, 2.75) is 18.9 Å². The summed E-state index contributed by atoms with van der Waals surface area (Å²) in [6.07, 6.45) is 0. The van der Waals surface area contributed by atoms with Crippen LogP contribution in [0.25, 0.3) is 0 Å². The average Bonchev–Trinajstić information content (AvgIpc) is 3.70. The van der Waals surface area contributed by atoms with Gasteiger partial charge >= 0.3 is 11.9 Å². The molecule has 3 aromatic rings. The van der Waals surface area contributed by atoms with Crippen LogP contribution in [0, 0.1) is 11.8 Å². The third-order valence-electron chi connectivity index (χ3n) is 7.41. The first-order valence-electron chi connectivity index (χ1n) is 12.4. The molecule has 4 atom stereocenters. The van der Waals surface area contributed by atoms with E-state index in [9.17, 15) is 9.59 Å². The third-order valence-corrected chi connectivity index (χ3v) is 7.41. The summed E-state index contributed by atoms with van der Waals surface area (Å²) >= 11 is 0. The van der Waals surface area contributed by atoms with Crippen molar-refractivity contribution in [1.29, 1.82) is 0 Å². The number of cyclic esters (lactones) is 1. The van der Waals surface area contributed by atoms with Crippen molar-refractivity contribution in [1.82, 2.24) is 20.2 Å². The van der Waals surface area contributed by atoms with Crippen molar-refractivity contribution in [3.8, 4) is 28.7 Å². The summed E-state index contributed by atoms with van der Waals surface area (Å²) in [7, 11) is 4.59. The van der Waals surface area contributed by atoms with Gasteiger partial charge in [0.1, 0.15) is 0 Å². The lowest BCUT2D eigenvalue weighted by atomic mass is 9.65. The SMILES string of the molecule is CCOC(=O)c1nnnn1[C@@H]1c2cc3c(cc2[C@@H](c2cc(OC)c(OC)c(OC)c2)[C@H]2C(=O)OC[C@@H]21)OCO3. The molecular weight excluding hydrogens is 512 g/mol. The second kappa shape index (κ2) is 9.64. The molecule has 3 heterocycles. The fourth-order valence-corrected chi connectivity index (χ4v) is 5.84. The van der Waals surface area contributed by atoms with Gasteiger partial charge in [-0.15, -0.1) is 5.10 Å². The van der Waals surface area contributed by atoms with E-state index in [1.807, 2.05) is 24.3 Å². The summed E-state index contributed by atoms with van der Waals surface area (Å²) in [5.74, 6) is -0.270. The van der Waals surface area contributed by atoms with Gasteiger partial charge in [0.05, 0.1) is 46.5 Å². The second-order valence-corrected chi connectivity index (χ2v) is 9.20. The van der Waals surface area contributed by atoms with E-state index in [1.54, 1.807) is 6.92 Å². The smallest absolute Gasteiger partial charge is 0.378 e. The standard InChI is InChI=1S/C26H26N4O9/c1-5-36-26(32)24-27-28-29-30(24)22-14-9-17-16(38-11-39-17)8-13(14)20(21-15(22)10-37-25(21)31)12-6-18(33-2)23(35-4)19(7-12)34-3/h6-9,15,20-22H,5,10-11H2,1-4H3/t15-,20+,21-,22+/m0/s1. The lowest BCUT2D eigenvalue weighted by Gasteiger charge is -2.39. The van der Waals surface area contributed by atoms with Crippen molar-refractivity contribution >= 4 is 11.9 Å². The van der Waals surface area contributed by atoms with E-state index in [2.05, 4.69) is 15.5 Å². The number of ether oxygens (including phenoxy) is 7. The van der Waals surface area contributed by atoms with Gasteiger partial charge in [-0.3, -0.25) is 4.79 Å². The van der Waals surface area contributed by atoms with E-state index < -0.39 is 29.8 Å². The van der Waals surface area contributed by atoms with Crippen molar-refractivity contribution < 1.29 is 42.7 Å². The van der Waals surface area contributed by atoms with E-state index in [1.165, 1.54) is 26.0 Å². The molecule has 0 unspecified atom stereocenters. The van der Waals surface area contributed by atoms with Crippen LogP contribution < -0.4 is 23.7 Å². The molecule has 0 amide bonds. The number of fused-ring (bicyclic) bond motifs is 3. The molecule has 2 aliphatic heterocycles. The van der Waals surface area contributed by atoms with Gasteiger partial charge < -0.3 is 33.2 Å². The molecule has 2 aromatic carbocycles. The van der Waals surface area contributed by atoms with E-state index in [0.717, 1.165) is 16.7 Å². The summed E-state index contributed by atoms with van der Waals surface area (Å²) in [6, 6.07) is 6.73. The Bertz CT molecular complexity index is 1430.